The van der Waals surface area contributed by atoms with Gasteiger partial charge < -0.3 is 9.80 Å². The topological polar surface area (TPSA) is 6.48 Å². The monoisotopic (exact) mass is 210 g/mol. The molecular formula is C13H26N2. The molecule has 2 heterocycles. The van der Waals surface area contributed by atoms with Gasteiger partial charge in [0.1, 0.15) is 0 Å². The van der Waals surface area contributed by atoms with Gasteiger partial charge in [0.15, 0.2) is 0 Å². The zero-order valence-corrected chi connectivity index (χ0v) is 10.6. The molecule has 2 rings (SSSR count). The maximum Gasteiger partial charge on any atom is 0.00385 e. The third-order valence-corrected chi connectivity index (χ3v) is 4.44. The van der Waals surface area contributed by atoms with Crippen LogP contribution in [0.4, 0.5) is 0 Å². The third kappa shape index (κ3) is 2.54. The van der Waals surface area contributed by atoms with E-state index in [0.29, 0.717) is 5.41 Å². The van der Waals surface area contributed by atoms with Gasteiger partial charge in [-0.1, -0.05) is 0 Å². The molecule has 0 aromatic rings. The highest BCUT2D eigenvalue weighted by molar-refractivity contribution is 4.91. The van der Waals surface area contributed by atoms with E-state index in [9.17, 15) is 0 Å². The summed E-state index contributed by atoms with van der Waals surface area (Å²) in [5.74, 6) is 0. The summed E-state index contributed by atoms with van der Waals surface area (Å²) in [6.07, 6.45) is 5.74. The first-order valence-electron chi connectivity index (χ1n) is 6.54. The summed E-state index contributed by atoms with van der Waals surface area (Å²) >= 11 is 0. The van der Waals surface area contributed by atoms with Gasteiger partial charge in [-0.15, -0.1) is 0 Å². The summed E-state index contributed by atoms with van der Waals surface area (Å²) in [5.41, 5.74) is 0.679. The number of piperidine rings is 2. The number of hydrogen-bond acceptors (Lipinski definition) is 2. The molecule has 0 N–H and O–H groups in total. The fourth-order valence-corrected chi connectivity index (χ4v) is 3.38. The molecule has 0 aliphatic carbocycles. The lowest BCUT2D eigenvalue weighted by molar-refractivity contribution is 0.0243. The van der Waals surface area contributed by atoms with Crippen LogP contribution in [-0.4, -0.2) is 49.1 Å². The fraction of sp³-hybridized carbons (Fsp3) is 1.00. The summed E-state index contributed by atoms with van der Waals surface area (Å²) in [6, 6.07) is 0.740. The molecule has 2 aliphatic rings. The van der Waals surface area contributed by atoms with Crippen LogP contribution in [0.3, 0.4) is 0 Å². The van der Waals surface area contributed by atoms with Crippen molar-refractivity contribution in [3.8, 4) is 0 Å². The molecule has 0 bridgehead atoms. The van der Waals surface area contributed by atoms with E-state index in [4.69, 9.17) is 0 Å². The average molecular weight is 210 g/mol. The van der Waals surface area contributed by atoms with Crippen LogP contribution < -0.4 is 0 Å². The van der Waals surface area contributed by atoms with Crippen molar-refractivity contribution in [3.63, 3.8) is 0 Å². The van der Waals surface area contributed by atoms with Gasteiger partial charge in [0.05, 0.1) is 0 Å². The molecule has 15 heavy (non-hydrogen) atoms. The van der Waals surface area contributed by atoms with Crippen LogP contribution in [0.2, 0.25) is 0 Å². The Morgan fingerprint density at radius 1 is 1.00 bits per heavy atom. The lowest BCUT2D eigenvalue weighted by Gasteiger charge is -2.47. The summed E-state index contributed by atoms with van der Waals surface area (Å²) in [6.45, 7) is 9.96. The second-order valence-electron chi connectivity index (χ2n) is 5.97. The van der Waals surface area contributed by atoms with Gasteiger partial charge in [-0.05, 0) is 71.6 Å². The second-order valence-corrected chi connectivity index (χ2v) is 5.97. The summed E-state index contributed by atoms with van der Waals surface area (Å²) in [4.78, 5) is 5.17. The lowest BCUT2D eigenvalue weighted by Crippen LogP contribution is -2.49. The van der Waals surface area contributed by atoms with E-state index in [1.54, 1.807) is 0 Å². The summed E-state index contributed by atoms with van der Waals surface area (Å²) < 4.78 is 0. The Balaban J connectivity index is 1.90. The Morgan fingerprint density at radius 2 is 1.67 bits per heavy atom. The van der Waals surface area contributed by atoms with Crippen molar-refractivity contribution < 1.29 is 0 Å². The Morgan fingerprint density at radius 3 is 2.20 bits per heavy atom. The molecule has 88 valence electrons. The van der Waals surface area contributed by atoms with Gasteiger partial charge in [0.2, 0.25) is 0 Å². The highest BCUT2D eigenvalue weighted by atomic mass is 15.2. The molecule has 0 unspecified atom stereocenters. The number of hydrogen-bond donors (Lipinski definition) is 0. The van der Waals surface area contributed by atoms with E-state index in [-0.39, 0.29) is 0 Å². The Labute approximate surface area is 94.6 Å². The number of rotatable bonds is 1. The van der Waals surface area contributed by atoms with Gasteiger partial charge in [-0.2, -0.15) is 0 Å². The minimum atomic E-state index is 0.679. The highest BCUT2D eigenvalue weighted by Crippen LogP contribution is 2.39. The van der Waals surface area contributed by atoms with Crippen molar-refractivity contribution in [1.82, 2.24) is 9.80 Å². The van der Waals surface area contributed by atoms with Crippen molar-refractivity contribution in [2.24, 2.45) is 5.41 Å². The SMILES string of the molecule is CC(C)N1CCC2(CCCN(C)C2)CC1. The van der Waals surface area contributed by atoms with Crippen molar-refractivity contribution in [3.05, 3.63) is 0 Å². The van der Waals surface area contributed by atoms with Crippen LogP contribution >= 0.6 is 0 Å². The molecule has 2 saturated heterocycles. The zero-order chi connectivity index (χ0) is 10.9. The van der Waals surface area contributed by atoms with E-state index >= 15 is 0 Å². The quantitative estimate of drug-likeness (QED) is 0.655. The molecule has 0 atom stereocenters. The minimum absolute atomic E-state index is 0.679. The standard InChI is InChI=1S/C13H26N2/c1-12(2)15-9-6-13(7-10-15)5-4-8-14(3)11-13/h12H,4-11H2,1-3H3. The largest absolute Gasteiger partial charge is 0.306 e. The molecule has 2 nitrogen and oxygen atoms in total. The van der Waals surface area contributed by atoms with Crippen molar-refractivity contribution in [1.29, 1.82) is 0 Å². The van der Waals surface area contributed by atoms with Crippen LogP contribution in [0, 0.1) is 5.41 Å². The first-order valence-corrected chi connectivity index (χ1v) is 6.54. The molecule has 0 aromatic carbocycles. The van der Waals surface area contributed by atoms with Crippen LogP contribution in [0.25, 0.3) is 0 Å². The number of nitrogens with zero attached hydrogens (tertiary/aromatic N) is 2. The lowest BCUT2D eigenvalue weighted by atomic mass is 9.72. The highest BCUT2D eigenvalue weighted by Gasteiger charge is 2.37. The maximum atomic E-state index is 2.64. The summed E-state index contributed by atoms with van der Waals surface area (Å²) in [7, 11) is 2.29. The van der Waals surface area contributed by atoms with Crippen molar-refractivity contribution in [2.75, 3.05) is 33.2 Å². The van der Waals surface area contributed by atoms with Crippen LogP contribution in [0.1, 0.15) is 39.5 Å². The molecule has 2 fully saturated rings. The zero-order valence-electron chi connectivity index (χ0n) is 10.6. The Bertz CT molecular complexity index is 205. The molecule has 0 aromatic heterocycles. The molecular weight excluding hydrogens is 184 g/mol. The van der Waals surface area contributed by atoms with E-state index in [0.717, 1.165) is 6.04 Å². The molecule has 0 radical (unpaired) electrons. The van der Waals surface area contributed by atoms with Gasteiger partial charge >= 0.3 is 0 Å². The third-order valence-electron chi connectivity index (χ3n) is 4.44. The molecule has 0 amide bonds. The smallest absolute Gasteiger partial charge is 0.00385 e. The fourth-order valence-electron chi connectivity index (χ4n) is 3.38. The van der Waals surface area contributed by atoms with Gasteiger partial charge in [-0.3, -0.25) is 0 Å². The molecule has 2 heteroatoms. The van der Waals surface area contributed by atoms with Crippen molar-refractivity contribution >= 4 is 0 Å². The molecule has 0 saturated carbocycles. The van der Waals surface area contributed by atoms with Crippen LogP contribution in [0.15, 0.2) is 0 Å². The average Bonchev–Trinajstić information content (AvgIpc) is 2.18. The molecule has 1 spiro atoms. The Hall–Kier alpha value is -0.0800. The van der Waals surface area contributed by atoms with Crippen molar-refractivity contribution in [2.45, 2.75) is 45.6 Å². The normalized spacial score (nSPS) is 28.8. The van der Waals surface area contributed by atoms with Crippen LogP contribution in [0.5, 0.6) is 0 Å². The van der Waals surface area contributed by atoms with E-state index in [1.165, 1.54) is 51.9 Å². The minimum Gasteiger partial charge on any atom is -0.306 e. The Kier molecular flexibility index (Phi) is 3.36. The van der Waals surface area contributed by atoms with Gasteiger partial charge in [-0.25, -0.2) is 0 Å². The first-order chi connectivity index (χ1) is 7.11. The van der Waals surface area contributed by atoms with Gasteiger partial charge in [0, 0.05) is 12.6 Å². The van der Waals surface area contributed by atoms with E-state index < -0.39 is 0 Å². The van der Waals surface area contributed by atoms with E-state index in [1.807, 2.05) is 0 Å². The predicted molar refractivity (Wildman–Crippen MR) is 65.1 cm³/mol. The second kappa shape index (κ2) is 4.42. The van der Waals surface area contributed by atoms with E-state index in [2.05, 4.69) is 30.7 Å². The first kappa shape index (κ1) is 11.4. The summed E-state index contributed by atoms with van der Waals surface area (Å²) in [5, 5.41) is 0. The predicted octanol–water partition coefficient (Wildman–Crippen LogP) is 2.20. The van der Waals surface area contributed by atoms with Crippen LogP contribution in [-0.2, 0) is 0 Å². The molecule has 2 aliphatic heterocycles. The maximum absolute atomic E-state index is 2.64. The number of likely N-dealkylation sites (tertiary alicyclic amines) is 2. The van der Waals surface area contributed by atoms with Gasteiger partial charge in [0.25, 0.3) is 0 Å².